The maximum atomic E-state index is 6.09. The highest BCUT2D eigenvalue weighted by molar-refractivity contribution is 7.07. The molecule has 3 rings (SSSR count). The molecular weight excluding hydrogens is 254 g/mol. The minimum Gasteiger partial charge on any atom is -0.369 e. The largest absolute Gasteiger partial charge is 0.369 e. The van der Waals surface area contributed by atoms with Gasteiger partial charge in [0.2, 0.25) is 5.95 Å². The first-order valence-corrected chi connectivity index (χ1v) is 7.34. The Morgan fingerprint density at radius 1 is 1.37 bits per heavy atom. The molecule has 1 unspecified atom stereocenters. The van der Waals surface area contributed by atoms with Gasteiger partial charge in [-0.15, -0.1) is 0 Å². The molecule has 0 saturated carbocycles. The van der Waals surface area contributed by atoms with Gasteiger partial charge >= 0.3 is 0 Å². The van der Waals surface area contributed by atoms with Crippen molar-refractivity contribution in [2.45, 2.75) is 26.3 Å². The van der Waals surface area contributed by atoms with Gasteiger partial charge in [0.1, 0.15) is 0 Å². The highest BCUT2D eigenvalue weighted by Gasteiger charge is 2.14. The number of benzene rings is 1. The maximum absolute atomic E-state index is 6.09. The van der Waals surface area contributed by atoms with Crippen LogP contribution in [0.15, 0.2) is 35.0 Å². The molecular formula is C15H17N3S. The topological polar surface area (TPSA) is 43.8 Å². The molecule has 2 N–H and O–H groups in total. The Bertz CT molecular complexity index is 698. The maximum Gasteiger partial charge on any atom is 0.201 e. The minimum absolute atomic E-state index is 0.307. The minimum atomic E-state index is 0.307. The quantitative estimate of drug-likeness (QED) is 0.787. The number of thiophene rings is 1. The zero-order valence-corrected chi connectivity index (χ0v) is 11.9. The molecule has 0 fully saturated rings. The van der Waals surface area contributed by atoms with Gasteiger partial charge in [-0.05, 0) is 60.4 Å². The Balaban J connectivity index is 2.03. The van der Waals surface area contributed by atoms with E-state index in [0.717, 1.165) is 17.5 Å². The van der Waals surface area contributed by atoms with Gasteiger partial charge in [-0.2, -0.15) is 11.3 Å². The van der Waals surface area contributed by atoms with Crippen molar-refractivity contribution in [3.8, 4) is 0 Å². The van der Waals surface area contributed by atoms with Crippen LogP contribution in [0.3, 0.4) is 0 Å². The average Bonchev–Trinajstić information content (AvgIpc) is 2.95. The summed E-state index contributed by atoms with van der Waals surface area (Å²) in [4.78, 5) is 4.45. The summed E-state index contributed by atoms with van der Waals surface area (Å²) in [5.74, 6) is 0.600. The molecule has 4 heteroatoms. The highest BCUT2D eigenvalue weighted by Crippen LogP contribution is 2.26. The number of aryl methyl sites for hydroxylation is 1. The summed E-state index contributed by atoms with van der Waals surface area (Å²) in [5, 5.41) is 4.30. The van der Waals surface area contributed by atoms with Gasteiger partial charge in [-0.3, -0.25) is 0 Å². The lowest BCUT2D eigenvalue weighted by atomic mass is 10.1. The molecule has 0 saturated heterocycles. The van der Waals surface area contributed by atoms with Crippen molar-refractivity contribution in [2.24, 2.45) is 0 Å². The predicted molar refractivity (Wildman–Crippen MR) is 81.6 cm³/mol. The van der Waals surface area contributed by atoms with Crippen LogP contribution >= 0.6 is 11.3 Å². The van der Waals surface area contributed by atoms with Crippen LogP contribution in [0.5, 0.6) is 0 Å². The second-order valence-corrected chi connectivity index (χ2v) is 5.80. The predicted octanol–water partition coefficient (Wildman–Crippen LogP) is 3.79. The lowest BCUT2D eigenvalue weighted by Crippen LogP contribution is -2.11. The third kappa shape index (κ3) is 2.24. The van der Waals surface area contributed by atoms with Crippen molar-refractivity contribution in [3.05, 3.63) is 46.2 Å². The molecule has 0 aliphatic heterocycles. The van der Waals surface area contributed by atoms with E-state index < -0.39 is 0 Å². The fourth-order valence-electron chi connectivity index (χ4n) is 2.53. The summed E-state index contributed by atoms with van der Waals surface area (Å²) in [6, 6.07) is 8.74. The average molecular weight is 271 g/mol. The number of hydrogen-bond acceptors (Lipinski definition) is 3. The van der Waals surface area contributed by atoms with Gasteiger partial charge in [0.15, 0.2) is 0 Å². The SMILES string of the molecule is Cc1ccc2nc(N)n(C(C)Cc3ccsc3)c2c1. The molecule has 0 amide bonds. The van der Waals surface area contributed by atoms with Crippen LogP contribution in [0, 0.1) is 6.92 Å². The summed E-state index contributed by atoms with van der Waals surface area (Å²) in [7, 11) is 0. The number of rotatable bonds is 3. The molecule has 3 nitrogen and oxygen atoms in total. The first-order valence-electron chi connectivity index (χ1n) is 6.40. The lowest BCUT2D eigenvalue weighted by molar-refractivity contribution is 0.567. The van der Waals surface area contributed by atoms with Crippen LogP contribution < -0.4 is 5.73 Å². The van der Waals surface area contributed by atoms with Crippen molar-refractivity contribution in [1.82, 2.24) is 9.55 Å². The molecule has 0 aliphatic carbocycles. The summed E-state index contributed by atoms with van der Waals surface area (Å²) in [5.41, 5.74) is 10.8. The van der Waals surface area contributed by atoms with Gasteiger partial charge in [-0.1, -0.05) is 6.07 Å². The van der Waals surface area contributed by atoms with Crippen LogP contribution in [0.1, 0.15) is 24.1 Å². The lowest BCUT2D eigenvalue weighted by Gasteiger charge is -2.15. The number of anilines is 1. The van der Waals surface area contributed by atoms with Crippen molar-refractivity contribution in [2.75, 3.05) is 5.73 Å². The number of imidazole rings is 1. The van der Waals surface area contributed by atoms with E-state index in [1.165, 1.54) is 11.1 Å². The zero-order valence-electron chi connectivity index (χ0n) is 11.1. The summed E-state index contributed by atoms with van der Waals surface area (Å²) in [6.45, 7) is 4.29. The molecule has 1 aromatic carbocycles. The van der Waals surface area contributed by atoms with Gasteiger partial charge in [0.05, 0.1) is 11.0 Å². The number of nitrogen functional groups attached to an aromatic ring is 1. The standard InChI is InChI=1S/C15H17N3S/c1-10-3-4-13-14(7-10)18(15(16)17-13)11(2)8-12-5-6-19-9-12/h3-7,9,11H,8H2,1-2H3,(H2,16,17). The molecule has 3 aromatic rings. The van der Waals surface area contributed by atoms with Gasteiger partial charge in [0.25, 0.3) is 0 Å². The molecule has 2 heterocycles. The Hall–Kier alpha value is -1.81. The molecule has 1 atom stereocenters. The van der Waals surface area contributed by atoms with Crippen LogP contribution in [0.4, 0.5) is 5.95 Å². The summed E-state index contributed by atoms with van der Waals surface area (Å²) < 4.78 is 2.14. The Morgan fingerprint density at radius 3 is 2.95 bits per heavy atom. The number of fused-ring (bicyclic) bond motifs is 1. The van der Waals surface area contributed by atoms with Crippen molar-refractivity contribution in [1.29, 1.82) is 0 Å². The molecule has 2 aromatic heterocycles. The Labute approximate surface area is 116 Å². The van der Waals surface area contributed by atoms with Crippen molar-refractivity contribution >= 4 is 28.3 Å². The van der Waals surface area contributed by atoms with Crippen LogP contribution in [-0.2, 0) is 6.42 Å². The third-order valence-electron chi connectivity index (χ3n) is 3.42. The number of nitrogens with zero attached hydrogens (tertiary/aromatic N) is 2. The first-order chi connectivity index (χ1) is 9.15. The second kappa shape index (κ2) is 4.70. The van der Waals surface area contributed by atoms with E-state index in [0.29, 0.717) is 12.0 Å². The van der Waals surface area contributed by atoms with Crippen LogP contribution in [0.25, 0.3) is 11.0 Å². The van der Waals surface area contributed by atoms with E-state index in [4.69, 9.17) is 5.73 Å². The highest BCUT2D eigenvalue weighted by atomic mass is 32.1. The number of nitrogens with two attached hydrogens (primary N) is 1. The van der Waals surface area contributed by atoms with Crippen molar-refractivity contribution in [3.63, 3.8) is 0 Å². The fraction of sp³-hybridized carbons (Fsp3) is 0.267. The summed E-state index contributed by atoms with van der Waals surface area (Å²) >= 11 is 1.73. The van der Waals surface area contributed by atoms with Crippen molar-refractivity contribution < 1.29 is 0 Å². The molecule has 19 heavy (non-hydrogen) atoms. The molecule has 0 spiro atoms. The second-order valence-electron chi connectivity index (χ2n) is 5.02. The van der Waals surface area contributed by atoms with Gasteiger partial charge < -0.3 is 10.3 Å². The Kier molecular flexibility index (Phi) is 3.03. The van der Waals surface area contributed by atoms with E-state index in [2.05, 4.69) is 52.4 Å². The molecule has 0 radical (unpaired) electrons. The normalized spacial score (nSPS) is 12.9. The first kappa shape index (κ1) is 12.2. The molecule has 98 valence electrons. The van der Waals surface area contributed by atoms with Gasteiger partial charge in [-0.25, -0.2) is 4.98 Å². The zero-order chi connectivity index (χ0) is 13.4. The van der Waals surface area contributed by atoms with Crippen LogP contribution in [-0.4, -0.2) is 9.55 Å². The van der Waals surface area contributed by atoms with E-state index in [1.807, 2.05) is 6.07 Å². The smallest absolute Gasteiger partial charge is 0.201 e. The molecule has 0 aliphatic rings. The van der Waals surface area contributed by atoms with E-state index >= 15 is 0 Å². The van der Waals surface area contributed by atoms with E-state index in [-0.39, 0.29) is 0 Å². The Morgan fingerprint density at radius 2 is 2.21 bits per heavy atom. The van der Waals surface area contributed by atoms with Crippen LogP contribution in [0.2, 0.25) is 0 Å². The van der Waals surface area contributed by atoms with E-state index in [9.17, 15) is 0 Å². The molecule has 0 bridgehead atoms. The van der Waals surface area contributed by atoms with Gasteiger partial charge in [0, 0.05) is 6.04 Å². The summed E-state index contributed by atoms with van der Waals surface area (Å²) in [6.07, 6.45) is 0.979. The monoisotopic (exact) mass is 271 g/mol. The number of hydrogen-bond donors (Lipinski definition) is 1. The third-order valence-corrected chi connectivity index (χ3v) is 4.16. The fourth-order valence-corrected chi connectivity index (χ4v) is 3.21. The van der Waals surface area contributed by atoms with E-state index in [1.54, 1.807) is 11.3 Å². The number of aromatic nitrogens is 2.